The SMILES string of the molecule is O=C(O)c1csc2c1C=NCN2. The van der Waals surface area contributed by atoms with Crippen LogP contribution in [-0.4, -0.2) is 24.0 Å². The molecule has 62 valence electrons. The third-order valence-electron chi connectivity index (χ3n) is 1.61. The Kier molecular flexibility index (Phi) is 1.58. The quantitative estimate of drug-likeness (QED) is 0.687. The van der Waals surface area contributed by atoms with Crippen molar-refractivity contribution in [3.05, 3.63) is 16.5 Å². The maximum atomic E-state index is 10.7. The van der Waals surface area contributed by atoms with Crippen LogP contribution in [0.5, 0.6) is 0 Å². The molecule has 12 heavy (non-hydrogen) atoms. The lowest BCUT2D eigenvalue weighted by Gasteiger charge is -2.06. The number of nitrogens with zero attached hydrogens (tertiary/aromatic N) is 1. The molecular weight excluding hydrogens is 176 g/mol. The van der Waals surface area contributed by atoms with Gasteiger partial charge in [-0.05, 0) is 0 Å². The highest BCUT2D eigenvalue weighted by molar-refractivity contribution is 7.15. The van der Waals surface area contributed by atoms with Gasteiger partial charge in [-0.3, -0.25) is 4.99 Å². The van der Waals surface area contributed by atoms with Crippen molar-refractivity contribution in [3.63, 3.8) is 0 Å². The van der Waals surface area contributed by atoms with Gasteiger partial charge in [-0.1, -0.05) is 0 Å². The van der Waals surface area contributed by atoms with Crippen LogP contribution in [0, 0.1) is 0 Å². The van der Waals surface area contributed by atoms with Crippen molar-refractivity contribution in [2.75, 3.05) is 12.0 Å². The number of anilines is 1. The van der Waals surface area contributed by atoms with E-state index in [2.05, 4.69) is 10.3 Å². The summed E-state index contributed by atoms with van der Waals surface area (Å²) < 4.78 is 0. The Morgan fingerprint density at radius 1 is 1.75 bits per heavy atom. The van der Waals surface area contributed by atoms with Crippen molar-refractivity contribution in [1.82, 2.24) is 0 Å². The number of hydrogen-bond donors (Lipinski definition) is 2. The summed E-state index contributed by atoms with van der Waals surface area (Å²) in [6.07, 6.45) is 1.60. The van der Waals surface area contributed by atoms with E-state index < -0.39 is 5.97 Å². The average Bonchev–Trinajstić information content (AvgIpc) is 2.47. The molecule has 1 aromatic rings. The van der Waals surface area contributed by atoms with Crippen LogP contribution in [0.4, 0.5) is 5.00 Å². The number of rotatable bonds is 1. The lowest BCUT2D eigenvalue weighted by atomic mass is 10.2. The van der Waals surface area contributed by atoms with Gasteiger partial charge >= 0.3 is 5.97 Å². The zero-order chi connectivity index (χ0) is 8.55. The molecule has 0 aliphatic carbocycles. The van der Waals surface area contributed by atoms with Crippen LogP contribution in [-0.2, 0) is 0 Å². The lowest BCUT2D eigenvalue weighted by Crippen LogP contribution is -2.08. The van der Waals surface area contributed by atoms with Crippen LogP contribution in [0.2, 0.25) is 0 Å². The fourth-order valence-electron chi connectivity index (χ4n) is 1.05. The second kappa shape index (κ2) is 2.60. The molecule has 4 nitrogen and oxygen atoms in total. The van der Waals surface area contributed by atoms with E-state index in [4.69, 9.17) is 5.11 Å². The molecule has 0 unspecified atom stereocenters. The molecule has 2 heterocycles. The van der Waals surface area contributed by atoms with Gasteiger partial charge < -0.3 is 10.4 Å². The first-order valence-electron chi connectivity index (χ1n) is 3.37. The number of fused-ring (bicyclic) bond motifs is 1. The summed E-state index contributed by atoms with van der Waals surface area (Å²) in [5.41, 5.74) is 1.02. The Morgan fingerprint density at radius 2 is 2.58 bits per heavy atom. The predicted molar refractivity (Wildman–Crippen MR) is 47.4 cm³/mol. The topological polar surface area (TPSA) is 61.7 Å². The Balaban J connectivity index is 2.54. The van der Waals surface area contributed by atoms with Gasteiger partial charge in [-0.25, -0.2) is 4.79 Å². The number of carboxylic acid groups (broad SMARTS) is 1. The molecule has 0 spiro atoms. The van der Waals surface area contributed by atoms with Crippen molar-refractivity contribution in [1.29, 1.82) is 0 Å². The minimum Gasteiger partial charge on any atom is -0.478 e. The number of aromatic carboxylic acids is 1. The standard InChI is InChI=1S/C7H6N2O2S/c10-7(11)5-2-12-6-4(5)1-8-3-9-6/h1-2,9H,3H2,(H,10,11). The third kappa shape index (κ3) is 0.984. The van der Waals surface area contributed by atoms with Gasteiger partial charge in [0.05, 0.1) is 10.6 Å². The Bertz CT molecular complexity index is 356. The second-order valence-electron chi connectivity index (χ2n) is 2.34. The van der Waals surface area contributed by atoms with E-state index in [-0.39, 0.29) is 0 Å². The first kappa shape index (κ1) is 7.30. The highest BCUT2D eigenvalue weighted by atomic mass is 32.1. The summed E-state index contributed by atoms with van der Waals surface area (Å²) in [7, 11) is 0. The zero-order valence-electron chi connectivity index (χ0n) is 6.07. The molecule has 1 aliphatic rings. The third-order valence-corrected chi connectivity index (χ3v) is 2.56. The van der Waals surface area contributed by atoms with Crippen LogP contribution >= 0.6 is 11.3 Å². The number of nitrogens with one attached hydrogen (secondary N) is 1. The van der Waals surface area contributed by atoms with Crippen molar-refractivity contribution in [2.24, 2.45) is 4.99 Å². The molecule has 1 aromatic heterocycles. The zero-order valence-corrected chi connectivity index (χ0v) is 6.89. The highest BCUT2D eigenvalue weighted by Gasteiger charge is 2.16. The number of thiophene rings is 1. The van der Waals surface area contributed by atoms with Crippen LogP contribution in [0.1, 0.15) is 15.9 Å². The highest BCUT2D eigenvalue weighted by Crippen LogP contribution is 2.28. The van der Waals surface area contributed by atoms with Crippen LogP contribution in [0.15, 0.2) is 10.4 Å². The largest absolute Gasteiger partial charge is 0.478 e. The maximum Gasteiger partial charge on any atom is 0.337 e. The predicted octanol–water partition coefficient (Wildman–Crippen LogP) is 1.25. The summed E-state index contributed by atoms with van der Waals surface area (Å²) in [4.78, 5) is 14.6. The maximum absolute atomic E-state index is 10.7. The van der Waals surface area contributed by atoms with Gasteiger partial charge in [-0.15, -0.1) is 11.3 Å². The minimum absolute atomic E-state index is 0.325. The first-order valence-corrected chi connectivity index (χ1v) is 4.25. The van der Waals surface area contributed by atoms with E-state index in [1.807, 2.05) is 0 Å². The van der Waals surface area contributed by atoms with Gasteiger partial charge in [0.1, 0.15) is 6.67 Å². The van der Waals surface area contributed by atoms with E-state index in [9.17, 15) is 4.79 Å². The number of carboxylic acids is 1. The summed E-state index contributed by atoms with van der Waals surface area (Å²) in [6.45, 7) is 0.534. The van der Waals surface area contributed by atoms with E-state index in [1.54, 1.807) is 11.6 Å². The van der Waals surface area contributed by atoms with Crippen molar-refractivity contribution in [3.8, 4) is 0 Å². The van der Waals surface area contributed by atoms with Gasteiger partial charge in [-0.2, -0.15) is 0 Å². The number of hydrogen-bond acceptors (Lipinski definition) is 4. The Hall–Kier alpha value is -1.36. The van der Waals surface area contributed by atoms with Gasteiger partial charge in [0.25, 0.3) is 0 Å². The van der Waals surface area contributed by atoms with E-state index in [0.29, 0.717) is 17.8 Å². The summed E-state index contributed by atoms with van der Waals surface area (Å²) in [6, 6.07) is 0. The van der Waals surface area contributed by atoms with Gasteiger partial charge in [0, 0.05) is 17.2 Å². The molecule has 1 aliphatic heterocycles. The molecule has 0 aromatic carbocycles. The minimum atomic E-state index is -0.900. The Morgan fingerprint density at radius 3 is 3.33 bits per heavy atom. The fourth-order valence-corrected chi connectivity index (χ4v) is 1.95. The van der Waals surface area contributed by atoms with Crippen molar-refractivity contribution in [2.45, 2.75) is 0 Å². The summed E-state index contributed by atoms with van der Waals surface area (Å²) in [5.74, 6) is -0.900. The van der Waals surface area contributed by atoms with Gasteiger partial charge in [0.2, 0.25) is 0 Å². The Labute approximate surface area is 72.6 Å². The van der Waals surface area contributed by atoms with Crippen LogP contribution in [0.25, 0.3) is 0 Å². The van der Waals surface area contributed by atoms with Gasteiger partial charge in [0.15, 0.2) is 0 Å². The molecule has 0 fully saturated rings. The normalized spacial score (nSPS) is 13.7. The molecule has 0 saturated carbocycles. The van der Waals surface area contributed by atoms with Crippen LogP contribution in [0.3, 0.4) is 0 Å². The van der Waals surface area contributed by atoms with Crippen LogP contribution < -0.4 is 5.32 Å². The van der Waals surface area contributed by atoms with E-state index in [0.717, 1.165) is 5.00 Å². The molecule has 0 bridgehead atoms. The molecule has 0 radical (unpaired) electrons. The molecule has 2 rings (SSSR count). The lowest BCUT2D eigenvalue weighted by molar-refractivity contribution is 0.0697. The fraction of sp³-hybridized carbons (Fsp3) is 0.143. The molecule has 0 atom stereocenters. The van der Waals surface area contributed by atoms with E-state index in [1.165, 1.54) is 11.3 Å². The van der Waals surface area contributed by atoms with Crippen molar-refractivity contribution < 1.29 is 9.90 Å². The molecule has 0 saturated heterocycles. The number of aliphatic imine (C=N–C) groups is 1. The molecular formula is C7H6N2O2S. The second-order valence-corrected chi connectivity index (χ2v) is 3.22. The summed E-state index contributed by atoms with van der Waals surface area (Å²) in [5, 5.41) is 14.3. The monoisotopic (exact) mass is 182 g/mol. The molecule has 5 heteroatoms. The molecule has 2 N–H and O–H groups in total. The van der Waals surface area contributed by atoms with Crippen molar-refractivity contribution >= 4 is 28.5 Å². The first-order chi connectivity index (χ1) is 5.79. The summed E-state index contributed by atoms with van der Waals surface area (Å²) >= 11 is 1.40. The average molecular weight is 182 g/mol. The molecule has 0 amide bonds. The smallest absolute Gasteiger partial charge is 0.337 e. The van der Waals surface area contributed by atoms with E-state index >= 15 is 0 Å². The number of carbonyl (C=O) groups is 1.